The molecule has 0 fully saturated rings. The number of nitrogens with one attached hydrogen (secondary N) is 1. The van der Waals surface area contributed by atoms with Gasteiger partial charge in [0.15, 0.2) is 5.65 Å². The van der Waals surface area contributed by atoms with Crippen LogP contribution in [0.4, 0.5) is 0 Å². The van der Waals surface area contributed by atoms with Gasteiger partial charge in [-0.05, 0) is 24.6 Å². The summed E-state index contributed by atoms with van der Waals surface area (Å²) in [5, 5.41) is 3.11. The van der Waals surface area contributed by atoms with E-state index in [2.05, 4.69) is 25.9 Å². The molecule has 5 nitrogen and oxygen atoms in total. The molecule has 0 radical (unpaired) electrons. The van der Waals surface area contributed by atoms with Gasteiger partial charge in [0.05, 0.1) is 12.8 Å². The summed E-state index contributed by atoms with van der Waals surface area (Å²) in [5.41, 5.74) is 4.02. The third kappa shape index (κ3) is 2.63. The maximum Gasteiger partial charge on any atom is 0.272 e. The summed E-state index contributed by atoms with van der Waals surface area (Å²) in [7, 11) is 1.64. The fraction of sp³-hybridized carbons (Fsp3) is 0.333. The van der Waals surface area contributed by atoms with Gasteiger partial charge in [-0.15, -0.1) is 0 Å². The molecule has 0 saturated heterocycles. The standard InChI is InChI=1S/C18H21N3O2/c1-11-16(12-6-8-13(23-5)9-7-12)17-19-14(18(2,3)4)10-15(22)21(17)20-11/h6-10,20H,1-5H3. The van der Waals surface area contributed by atoms with Gasteiger partial charge in [-0.2, -0.15) is 0 Å². The molecule has 0 unspecified atom stereocenters. The average molecular weight is 311 g/mol. The summed E-state index contributed by atoms with van der Waals surface area (Å²) >= 11 is 0. The number of fused-ring (bicyclic) bond motifs is 1. The molecule has 0 saturated carbocycles. The highest BCUT2D eigenvalue weighted by Crippen LogP contribution is 2.29. The SMILES string of the molecule is COc1ccc(-c2c(C)[nH]n3c(=O)cc(C(C)(C)C)nc23)cc1. The largest absolute Gasteiger partial charge is 0.497 e. The maximum absolute atomic E-state index is 12.4. The molecule has 23 heavy (non-hydrogen) atoms. The monoisotopic (exact) mass is 311 g/mol. The van der Waals surface area contributed by atoms with Gasteiger partial charge < -0.3 is 4.74 Å². The Bertz CT molecular complexity index is 912. The van der Waals surface area contributed by atoms with Gasteiger partial charge in [-0.25, -0.2) is 9.50 Å². The minimum atomic E-state index is -0.184. The first-order valence-corrected chi connectivity index (χ1v) is 7.58. The van der Waals surface area contributed by atoms with E-state index in [1.807, 2.05) is 31.2 Å². The lowest BCUT2D eigenvalue weighted by atomic mass is 9.92. The van der Waals surface area contributed by atoms with E-state index in [1.54, 1.807) is 13.2 Å². The van der Waals surface area contributed by atoms with Gasteiger partial charge in [-0.1, -0.05) is 32.9 Å². The lowest BCUT2D eigenvalue weighted by molar-refractivity contribution is 0.415. The van der Waals surface area contributed by atoms with Crippen molar-refractivity contribution in [1.29, 1.82) is 0 Å². The zero-order valence-electron chi connectivity index (χ0n) is 14.1. The molecule has 1 N–H and O–H groups in total. The van der Waals surface area contributed by atoms with E-state index in [1.165, 1.54) is 4.52 Å². The van der Waals surface area contributed by atoms with Crippen LogP contribution in [0, 0.1) is 6.92 Å². The minimum Gasteiger partial charge on any atom is -0.497 e. The Morgan fingerprint density at radius 3 is 2.39 bits per heavy atom. The van der Waals surface area contributed by atoms with Crippen LogP contribution in [0.2, 0.25) is 0 Å². The van der Waals surface area contributed by atoms with E-state index in [9.17, 15) is 4.79 Å². The van der Waals surface area contributed by atoms with Crippen LogP contribution < -0.4 is 10.3 Å². The maximum atomic E-state index is 12.4. The number of aromatic nitrogens is 3. The lowest BCUT2D eigenvalue weighted by Crippen LogP contribution is -2.22. The van der Waals surface area contributed by atoms with Crippen LogP contribution in [0.3, 0.4) is 0 Å². The molecule has 0 aliphatic heterocycles. The quantitative estimate of drug-likeness (QED) is 0.790. The molecule has 0 amide bonds. The van der Waals surface area contributed by atoms with E-state index in [0.29, 0.717) is 5.65 Å². The molecule has 3 rings (SSSR count). The summed E-state index contributed by atoms with van der Waals surface area (Å²) < 4.78 is 6.71. The molecule has 3 aromatic rings. The Hall–Kier alpha value is -2.56. The van der Waals surface area contributed by atoms with Crippen molar-refractivity contribution in [1.82, 2.24) is 14.6 Å². The van der Waals surface area contributed by atoms with E-state index < -0.39 is 0 Å². The number of ether oxygens (including phenoxy) is 1. The molecule has 0 atom stereocenters. The van der Waals surface area contributed by atoms with E-state index >= 15 is 0 Å². The third-order valence-corrected chi connectivity index (χ3v) is 3.94. The zero-order chi connectivity index (χ0) is 16.8. The average Bonchev–Trinajstić information content (AvgIpc) is 2.83. The van der Waals surface area contributed by atoms with Crippen molar-refractivity contribution in [3.05, 3.63) is 52.1 Å². The highest BCUT2D eigenvalue weighted by Gasteiger charge is 2.20. The van der Waals surface area contributed by atoms with Gasteiger partial charge in [-0.3, -0.25) is 9.89 Å². The predicted molar refractivity (Wildman–Crippen MR) is 91.2 cm³/mol. The van der Waals surface area contributed by atoms with Crippen molar-refractivity contribution in [3.8, 4) is 16.9 Å². The molecule has 120 valence electrons. The Kier molecular flexibility index (Phi) is 3.51. The zero-order valence-corrected chi connectivity index (χ0v) is 14.1. The summed E-state index contributed by atoms with van der Waals surface area (Å²) in [6, 6.07) is 9.37. The molecule has 2 heterocycles. The fourth-order valence-corrected chi connectivity index (χ4v) is 2.64. The Balaban J connectivity index is 2.29. The highest BCUT2D eigenvalue weighted by molar-refractivity contribution is 5.80. The van der Waals surface area contributed by atoms with E-state index in [0.717, 1.165) is 28.3 Å². The van der Waals surface area contributed by atoms with Gasteiger partial charge in [0.2, 0.25) is 0 Å². The molecule has 2 aromatic heterocycles. The smallest absolute Gasteiger partial charge is 0.272 e. The summed E-state index contributed by atoms with van der Waals surface area (Å²) in [6.45, 7) is 8.11. The first kappa shape index (κ1) is 15.3. The second-order valence-electron chi connectivity index (χ2n) is 6.73. The lowest BCUT2D eigenvalue weighted by Gasteiger charge is -2.17. The van der Waals surface area contributed by atoms with Crippen LogP contribution in [0.1, 0.15) is 32.2 Å². The number of methoxy groups -OCH3 is 1. The molecule has 5 heteroatoms. The first-order chi connectivity index (χ1) is 10.8. The van der Waals surface area contributed by atoms with Crippen LogP contribution in [0.15, 0.2) is 35.1 Å². The van der Waals surface area contributed by atoms with Crippen LogP contribution in [-0.2, 0) is 5.41 Å². The van der Waals surface area contributed by atoms with E-state index in [-0.39, 0.29) is 11.0 Å². The number of nitrogens with zero attached hydrogens (tertiary/aromatic N) is 2. The highest BCUT2D eigenvalue weighted by atomic mass is 16.5. The number of rotatable bonds is 2. The summed E-state index contributed by atoms with van der Waals surface area (Å²) in [5.74, 6) is 0.798. The second kappa shape index (κ2) is 5.26. The number of hydrogen-bond acceptors (Lipinski definition) is 3. The number of aromatic amines is 1. The Labute approximate surface area is 134 Å². The van der Waals surface area contributed by atoms with Gasteiger partial charge in [0, 0.05) is 22.7 Å². The number of benzene rings is 1. The first-order valence-electron chi connectivity index (χ1n) is 7.58. The third-order valence-electron chi connectivity index (χ3n) is 3.94. The van der Waals surface area contributed by atoms with Crippen LogP contribution in [0.25, 0.3) is 16.8 Å². The molecular formula is C18H21N3O2. The summed E-state index contributed by atoms with van der Waals surface area (Å²) in [4.78, 5) is 17.2. The van der Waals surface area contributed by atoms with Crippen LogP contribution >= 0.6 is 0 Å². The number of aryl methyl sites for hydroxylation is 1. The van der Waals surface area contributed by atoms with Crippen molar-refractivity contribution >= 4 is 5.65 Å². The molecule has 0 aliphatic rings. The van der Waals surface area contributed by atoms with Crippen LogP contribution in [-0.4, -0.2) is 21.7 Å². The summed E-state index contributed by atoms with van der Waals surface area (Å²) in [6.07, 6.45) is 0. The Morgan fingerprint density at radius 1 is 1.17 bits per heavy atom. The van der Waals surface area contributed by atoms with Crippen molar-refractivity contribution in [2.75, 3.05) is 7.11 Å². The fourth-order valence-electron chi connectivity index (χ4n) is 2.64. The van der Waals surface area contributed by atoms with Gasteiger partial charge in [0.25, 0.3) is 5.56 Å². The Morgan fingerprint density at radius 2 is 1.83 bits per heavy atom. The van der Waals surface area contributed by atoms with Crippen molar-refractivity contribution in [2.24, 2.45) is 0 Å². The molecule has 1 aromatic carbocycles. The van der Waals surface area contributed by atoms with Crippen molar-refractivity contribution in [2.45, 2.75) is 33.1 Å². The van der Waals surface area contributed by atoms with E-state index in [4.69, 9.17) is 9.72 Å². The van der Waals surface area contributed by atoms with Gasteiger partial charge >= 0.3 is 0 Å². The molecular weight excluding hydrogens is 290 g/mol. The minimum absolute atomic E-state index is 0.0946. The number of H-pyrrole nitrogens is 1. The molecule has 0 aliphatic carbocycles. The number of hydrogen-bond donors (Lipinski definition) is 1. The van der Waals surface area contributed by atoms with Crippen molar-refractivity contribution in [3.63, 3.8) is 0 Å². The molecule has 0 spiro atoms. The topological polar surface area (TPSA) is 59.4 Å². The van der Waals surface area contributed by atoms with Gasteiger partial charge in [0.1, 0.15) is 5.75 Å². The predicted octanol–water partition coefficient (Wildman–Crippen LogP) is 3.30. The second-order valence-corrected chi connectivity index (χ2v) is 6.73. The molecule has 0 bridgehead atoms. The van der Waals surface area contributed by atoms with Crippen LogP contribution in [0.5, 0.6) is 5.75 Å². The van der Waals surface area contributed by atoms with Crippen molar-refractivity contribution < 1.29 is 4.74 Å². The normalized spacial score (nSPS) is 11.9.